The van der Waals surface area contributed by atoms with Crippen molar-refractivity contribution in [3.8, 4) is 0 Å². The smallest absolute Gasteiger partial charge is 0.273 e. The topological polar surface area (TPSA) is 75.3 Å². The molecule has 0 atom stereocenters. The summed E-state index contributed by atoms with van der Waals surface area (Å²) in [6.07, 6.45) is -4.81. The standard InChI is InChI=1S/C14H10ClF3N2O3S/c15-12-7-6-10(8-11(12)14(16,17)18)24(22,23)20-19-13(21)9-4-2-1-3-5-9/h1-8,20H,(H,19,21). The molecule has 0 fully saturated rings. The molecule has 1 amide bonds. The predicted molar refractivity (Wildman–Crippen MR) is 80.7 cm³/mol. The van der Waals surface area contributed by atoms with E-state index in [9.17, 15) is 26.4 Å². The van der Waals surface area contributed by atoms with Gasteiger partial charge in [0.25, 0.3) is 15.9 Å². The fraction of sp³-hybridized carbons (Fsp3) is 0.0714. The fourth-order valence-electron chi connectivity index (χ4n) is 1.72. The molecule has 24 heavy (non-hydrogen) atoms. The summed E-state index contributed by atoms with van der Waals surface area (Å²) in [7, 11) is -4.40. The minimum absolute atomic E-state index is 0.173. The van der Waals surface area contributed by atoms with Gasteiger partial charge in [-0.2, -0.15) is 13.2 Å². The molecule has 0 saturated carbocycles. The summed E-state index contributed by atoms with van der Waals surface area (Å²) in [4.78, 5) is 12.8. The van der Waals surface area contributed by atoms with Gasteiger partial charge in [-0.1, -0.05) is 29.8 Å². The number of nitrogens with one attached hydrogen (secondary N) is 2. The lowest BCUT2D eigenvalue weighted by molar-refractivity contribution is -0.137. The molecule has 128 valence electrons. The molecule has 5 nitrogen and oxygen atoms in total. The quantitative estimate of drug-likeness (QED) is 0.803. The fourth-order valence-corrected chi connectivity index (χ4v) is 2.81. The van der Waals surface area contributed by atoms with Crippen LogP contribution in [0.1, 0.15) is 15.9 Å². The lowest BCUT2D eigenvalue weighted by atomic mass is 10.2. The highest BCUT2D eigenvalue weighted by Crippen LogP contribution is 2.35. The van der Waals surface area contributed by atoms with Crippen LogP contribution in [0.25, 0.3) is 0 Å². The van der Waals surface area contributed by atoms with E-state index in [2.05, 4.69) is 0 Å². The van der Waals surface area contributed by atoms with E-state index in [4.69, 9.17) is 11.6 Å². The maximum absolute atomic E-state index is 12.8. The van der Waals surface area contributed by atoms with Gasteiger partial charge in [-0.3, -0.25) is 10.2 Å². The van der Waals surface area contributed by atoms with Crippen molar-refractivity contribution in [3.05, 3.63) is 64.7 Å². The number of amides is 1. The molecule has 0 heterocycles. The predicted octanol–water partition coefficient (Wildman–Crippen LogP) is 2.98. The van der Waals surface area contributed by atoms with E-state index in [1.165, 1.54) is 12.1 Å². The van der Waals surface area contributed by atoms with Gasteiger partial charge in [-0.15, -0.1) is 4.83 Å². The number of hydrazine groups is 1. The van der Waals surface area contributed by atoms with E-state index in [0.717, 1.165) is 12.1 Å². The number of hydrogen-bond donors (Lipinski definition) is 2. The first-order valence-electron chi connectivity index (χ1n) is 6.35. The van der Waals surface area contributed by atoms with Gasteiger partial charge in [0.2, 0.25) is 0 Å². The Morgan fingerprint density at radius 2 is 1.67 bits per heavy atom. The normalized spacial score (nSPS) is 12.0. The molecule has 0 aliphatic rings. The molecule has 2 aromatic carbocycles. The number of sulfonamides is 1. The molecule has 0 aromatic heterocycles. The van der Waals surface area contributed by atoms with Crippen molar-refractivity contribution in [2.45, 2.75) is 11.1 Å². The summed E-state index contributed by atoms with van der Waals surface area (Å²) in [5, 5.41) is -0.630. The van der Waals surface area contributed by atoms with Crippen molar-refractivity contribution in [1.82, 2.24) is 10.3 Å². The van der Waals surface area contributed by atoms with Crippen LogP contribution < -0.4 is 10.3 Å². The third-order valence-corrected chi connectivity index (χ3v) is 4.46. The van der Waals surface area contributed by atoms with Crippen molar-refractivity contribution >= 4 is 27.5 Å². The number of rotatable bonds is 4. The van der Waals surface area contributed by atoms with Crippen LogP contribution in [-0.2, 0) is 16.2 Å². The average molecular weight is 379 g/mol. The molecule has 2 N–H and O–H groups in total. The minimum Gasteiger partial charge on any atom is -0.273 e. The summed E-state index contributed by atoms with van der Waals surface area (Å²) in [6.45, 7) is 0. The second-order valence-electron chi connectivity index (χ2n) is 4.57. The van der Waals surface area contributed by atoms with Crippen molar-refractivity contribution in [3.63, 3.8) is 0 Å². The Morgan fingerprint density at radius 1 is 1.04 bits per heavy atom. The van der Waals surface area contributed by atoms with E-state index in [0.29, 0.717) is 6.07 Å². The molecule has 2 rings (SSSR count). The Balaban J connectivity index is 2.21. The number of alkyl halides is 3. The molecule has 0 saturated heterocycles. The van der Waals surface area contributed by atoms with Gasteiger partial charge in [-0.05, 0) is 30.3 Å². The first-order valence-corrected chi connectivity index (χ1v) is 8.21. The van der Waals surface area contributed by atoms with Gasteiger partial charge in [0.15, 0.2) is 0 Å². The highest BCUT2D eigenvalue weighted by Gasteiger charge is 2.34. The first kappa shape index (κ1) is 18.2. The van der Waals surface area contributed by atoms with E-state index >= 15 is 0 Å². The third kappa shape index (κ3) is 4.25. The van der Waals surface area contributed by atoms with Crippen LogP contribution in [0, 0.1) is 0 Å². The van der Waals surface area contributed by atoms with Crippen LogP contribution in [-0.4, -0.2) is 14.3 Å². The lowest BCUT2D eigenvalue weighted by Gasteiger charge is -2.12. The van der Waals surface area contributed by atoms with Crippen molar-refractivity contribution < 1.29 is 26.4 Å². The Hall–Kier alpha value is -2.10. The number of halogens is 4. The summed E-state index contributed by atoms with van der Waals surface area (Å²) in [6, 6.07) is 9.77. The highest BCUT2D eigenvalue weighted by molar-refractivity contribution is 7.89. The zero-order valence-electron chi connectivity index (χ0n) is 11.8. The van der Waals surface area contributed by atoms with Crippen LogP contribution in [0.3, 0.4) is 0 Å². The third-order valence-electron chi connectivity index (χ3n) is 2.89. The van der Waals surface area contributed by atoms with Gasteiger partial charge >= 0.3 is 6.18 Å². The van der Waals surface area contributed by atoms with Gasteiger partial charge in [-0.25, -0.2) is 8.42 Å². The lowest BCUT2D eigenvalue weighted by Crippen LogP contribution is -2.41. The number of carbonyl (C=O) groups excluding carboxylic acids is 1. The second kappa shape index (κ2) is 6.80. The highest BCUT2D eigenvalue weighted by atomic mass is 35.5. The Morgan fingerprint density at radius 3 is 2.25 bits per heavy atom. The molecular formula is C14H10ClF3N2O3S. The largest absolute Gasteiger partial charge is 0.417 e. The Bertz CT molecular complexity index is 855. The Kier molecular flexibility index (Phi) is 5.16. The van der Waals surface area contributed by atoms with Crippen molar-refractivity contribution in [1.29, 1.82) is 0 Å². The van der Waals surface area contributed by atoms with Crippen LogP contribution >= 0.6 is 11.6 Å². The SMILES string of the molecule is O=C(NNS(=O)(=O)c1ccc(Cl)c(C(F)(F)F)c1)c1ccccc1. The molecular weight excluding hydrogens is 369 g/mol. The molecule has 0 aliphatic carbocycles. The molecule has 10 heteroatoms. The maximum Gasteiger partial charge on any atom is 0.417 e. The molecule has 0 aliphatic heterocycles. The zero-order chi connectivity index (χ0) is 18.0. The van der Waals surface area contributed by atoms with E-state index in [1.54, 1.807) is 23.0 Å². The minimum atomic E-state index is -4.81. The summed E-state index contributed by atoms with van der Waals surface area (Å²) < 4.78 is 62.4. The first-order chi connectivity index (χ1) is 11.1. The summed E-state index contributed by atoms with van der Waals surface area (Å²) >= 11 is 5.43. The molecule has 0 bridgehead atoms. The molecule has 0 unspecified atom stereocenters. The number of hydrogen-bond acceptors (Lipinski definition) is 3. The summed E-state index contributed by atoms with van der Waals surface area (Å²) in [5.74, 6) is -0.760. The van der Waals surface area contributed by atoms with Gasteiger partial charge in [0.1, 0.15) is 0 Å². The molecule has 2 aromatic rings. The van der Waals surface area contributed by atoms with Crippen LogP contribution in [0.2, 0.25) is 5.02 Å². The van der Waals surface area contributed by atoms with Crippen molar-refractivity contribution in [2.24, 2.45) is 0 Å². The average Bonchev–Trinajstić information content (AvgIpc) is 2.52. The Labute approximate surface area is 140 Å². The monoisotopic (exact) mass is 378 g/mol. The number of benzene rings is 2. The maximum atomic E-state index is 12.8. The zero-order valence-corrected chi connectivity index (χ0v) is 13.3. The van der Waals surface area contributed by atoms with E-state index in [1.807, 2.05) is 5.43 Å². The second-order valence-corrected chi connectivity index (χ2v) is 6.65. The van der Waals surface area contributed by atoms with Crippen LogP contribution in [0.4, 0.5) is 13.2 Å². The molecule has 0 radical (unpaired) electrons. The number of carbonyl (C=O) groups is 1. The van der Waals surface area contributed by atoms with E-state index in [-0.39, 0.29) is 5.56 Å². The van der Waals surface area contributed by atoms with Crippen LogP contribution in [0.5, 0.6) is 0 Å². The molecule has 0 spiro atoms. The van der Waals surface area contributed by atoms with Gasteiger partial charge in [0, 0.05) is 5.56 Å². The van der Waals surface area contributed by atoms with E-state index < -0.39 is 37.6 Å². The van der Waals surface area contributed by atoms with Gasteiger partial charge in [0.05, 0.1) is 15.5 Å². The van der Waals surface area contributed by atoms with Crippen LogP contribution in [0.15, 0.2) is 53.4 Å². The van der Waals surface area contributed by atoms with Gasteiger partial charge < -0.3 is 0 Å². The summed E-state index contributed by atoms with van der Waals surface area (Å²) in [5.41, 5.74) is 0.802. The van der Waals surface area contributed by atoms with Crippen molar-refractivity contribution in [2.75, 3.05) is 0 Å².